The van der Waals surface area contributed by atoms with Crippen molar-refractivity contribution in [2.75, 3.05) is 18.5 Å². The third-order valence-corrected chi connectivity index (χ3v) is 7.53. The molecule has 0 spiro atoms. The van der Waals surface area contributed by atoms with Crippen molar-refractivity contribution in [2.24, 2.45) is 0 Å². The van der Waals surface area contributed by atoms with E-state index in [1.807, 2.05) is 62.4 Å². The number of rotatable bonds is 13. The fourth-order valence-electron chi connectivity index (χ4n) is 4.56. The summed E-state index contributed by atoms with van der Waals surface area (Å²) in [5.74, 6) is 0.323. The van der Waals surface area contributed by atoms with E-state index in [0.717, 1.165) is 40.8 Å². The van der Waals surface area contributed by atoms with Crippen molar-refractivity contribution in [3.8, 4) is 17.2 Å². The van der Waals surface area contributed by atoms with Crippen LogP contribution < -0.4 is 14.8 Å². The second-order valence-corrected chi connectivity index (χ2v) is 11.1. The topological polar surface area (TPSA) is 101 Å². The number of para-hydroxylation sites is 1. The quantitative estimate of drug-likeness (QED) is 0.160. The maximum absolute atomic E-state index is 13.5. The van der Waals surface area contributed by atoms with Crippen molar-refractivity contribution < 1.29 is 24.2 Å². The van der Waals surface area contributed by atoms with Crippen LogP contribution in [0.2, 0.25) is 0 Å². The number of hydrogen-bond acceptors (Lipinski definition) is 7. The van der Waals surface area contributed by atoms with Gasteiger partial charge < -0.3 is 24.8 Å². The number of aromatic hydroxyl groups is 1. The van der Waals surface area contributed by atoms with Crippen LogP contribution in [-0.2, 0) is 17.8 Å². The van der Waals surface area contributed by atoms with E-state index in [0.29, 0.717) is 30.8 Å². The highest BCUT2D eigenvalue weighted by Gasteiger charge is 2.21. The number of aromatic nitrogens is 1. The smallest absolute Gasteiger partial charge is 0.415 e. The molecule has 4 rings (SSSR count). The number of ether oxygens (including phenoxy) is 2. The summed E-state index contributed by atoms with van der Waals surface area (Å²) in [6.07, 6.45) is 4.45. The van der Waals surface area contributed by atoms with E-state index in [-0.39, 0.29) is 23.8 Å². The number of carbonyl (C=O) groups is 2. The molecule has 2 N–H and O–H groups in total. The van der Waals surface area contributed by atoms with Gasteiger partial charge in [0.05, 0.1) is 17.7 Å². The molecule has 0 unspecified atom stereocenters. The van der Waals surface area contributed by atoms with Crippen LogP contribution in [0.15, 0.2) is 72.4 Å². The SMILES string of the molecule is CCCCCN(Cc1cncs1)C(=O)Oc1cc(Cc2ccccc2)c(O)cc1NC(=O)COc1c(C)cccc1C. The van der Waals surface area contributed by atoms with Crippen molar-refractivity contribution in [1.82, 2.24) is 9.88 Å². The molecule has 0 aliphatic rings. The third kappa shape index (κ3) is 8.57. The number of phenolic OH excluding ortho intramolecular Hbond substituents is 1. The average molecular weight is 588 g/mol. The first kappa shape index (κ1) is 30.6. The lowest BCUT2D eigenvalue weighted by atomic mass is 10.0. The van der Waals surface area contributed by atoms with Gasteiger partial charge in [-0.2, -0.15) is 0 Å². The first-order valence-electron chi connectivity index (χ1n) is 14.1. The minimum Gasteiger partial charge on any atom is -0.508 e. The lowest BCUT2D eigenvalue weighted by Crippen LogP contribution is -2.34. The Morgan fingerprint density at radius 1 is 1.02 bits per heavy atom. The molecule has 1 aromatic heterocycles. The number of thiazole rings is 1. The Labute approximate surface area is 250 Å². The summed E-state index contributed by atoms with van der Waals surface area (Å²) in [5.41, 5.74) is 5.30. The maximum Gasteiger partial charge on any atom is 0.415 e. The van der Waals surface area contributed by atoms with Gasteiger partial charge in [0.25, 0.3) is 5.91 Å². The molecule has 1 heterocycles. The Bertz CT molecular complexity index is 1450. The molecule has 0 saturated carbocycles. The van der Waals surface area contributed by atoms with E-state index in [2.05, 4.69) is 17.2 Å². The Hall–Kier alpha value is -4.37. The summed E-state index contributed by atoms with van der Waals surface area (Å²) in [5, 5.41) is 13.7. The summed E-state index contributed by atoms with van der Waals surface area (Å²) < 4.78 is 11.7. The van der Waals surface area contributed by atoms with Gasteiger partial charge in [0, 0.05) is 35.7 Å². The van der Waals surface area contributed by atoms with Gasteiger partial charge in [-0.25, -0.2) is 4.79 Å². The number of benzene rings is 3. The predicted octanol–water partition coefficient (Wildman–Crippen LogP) is 7.27. The third-order valence-electron chi connectivity index (χ3n) is 6.77. The number of phenols is 1. The summed E-state index contributed by atoms with van der Waals surface area (Å²) >= 11 is 1.47. The second kappa shape index (κ2) is 15.0. The van der Waals surface area contributed by atoms with Crippen LogP contribution in [0.25, 0.3) is 0 Å². The minimum atomic E-state index is -0.543. The van der Waals surface area contributed by atoms with Gasteiger partial charge >= 0.3 is 6.09 Å². The van der Waals surface area contributed by atoms with Crippen molar-refractivity contribution in [3.05, 3.63) is 99.5 Å². The van der Waals surface area contributed by atoms with Gasteiger partial charge in [-0.05, 0) is 43.0 Å². The van der Waals surface area contributed by atoms with E-state index < -0.39 is 12.0 Å². The molecular weight excluding hydrogens is 550 g/mol. The number of carbonyl (C=O) groups excluding carboxylic acids is 2. The number of aryl methyl sites for hydroxylation is 2. The van der Waals surface area contributed by atoms with E-state index in [9.17, 15) is 14.7 Å². The summed E-state index contributed by atoms with van der Waals surface area (Å²) in [6.45, 7) is 6.58. The zero-order valence-corrected chi connectivity index (χ0v) is 25.1. The average Bonchev–Trinajstić information content (AvgIpc) is 3.48. The van der Waals surface area contributed by atoms with Crippen molar-refractivity contribution >= 4 is 29.0 Å². The maximum atomic E-state index is 13.5. The normalized spacial score (nSPS) is 10.7. The molecule has 0 aliphatic carbocycles. The Kier molecular flexibility index (Phi) is 10.9. The highest BCUT2D eigenvalue weighted by atomic mass is 32.1. The molecule has 0 radical (unpaired) electrons. The van der Waals surface area contributed by atoms with E-state index >= 15 is 0 Å². The van der Waals surface area contributed by atoms with E-state index in [1.165, 1.54) is 17.4 Å². The fraction of sp³-hybridized carbons (Fsp3) is 0.303. The molecule has 3 aromatic carbocycles. The van der Waals surface area contributed by atoms with Crippen molar-refractivity contribution in [3.63, 3.8) is 0 Å². The van der Waals surface area contributed by atoms with Gasteiger partial charge in [-0.3, -0.25) is 9.78 Å². The van der Waals surface area contributed by atoms with E-state index in [1.54, 1.807) is 22.7 Å². The highest BCUT2D eigenvalue weighted by Crippen LogP contribution is 2.34. The van der Waals surface area contributed by atoms with Gasteiger partial charge in [0.1, 0.15) is 11.5 Å². The van der Waals surface area contributed by atoms with Gasteiger partial charge in [-0.1, -0.05) is 68.3 Å². The lowest BCUT2D eigenvalue weighted by Gasteiger charge is -2.23. The lowest BCUT2D eigenvalue weighted by molar-refractivity contribution is -0.118. The minimum absolute atomic E-state index is 0.0194. The zero-order valence-electron chi connectivity index (χ0n) is 24.3. The van der Waals surface area contributed by atoms with Gasteiger partial charge in [0.15, 0.2) is 12.4 Å². The highest BCUT2D eigenvalue weighted by molar-refractivity contribution is 7.09. The number of nitrogens with one attached hydrogen (secondary N) is 1. The molecule has 42 heavy (non-hydrogen) atoms. The molecule has 0 saturated heterocycles. The summed E-state index contributed by atoms with van der Waals surface area (Å²) in [4.78, 5) is 33.2. The summed E-state index contributed by atoms with van der Waals surface area (Å²) in [6, 6.07) is 18.5. The zero-order chi connectivity index (χ0) is 29.9. The standard InChI is InChI=1S/C33H37N3O5S/c1-4-5-9-15-36(20-27-19-34-22-42-27)33(39)41-30-17-26(16-25-13-7-6-8-14-25)29(37)18-28(30)35-31(38)21-40-32-23(2)11-10-12-24(32)3/h6-8,10-14,17-19,22,37H,4-5,9,15-16,20-21H2,1-3H3,(H,35,38). The van der Waals surface area contributed by atoms with Crippen LogP contribution in [0.3, 0.4) is 0 Å². The molecule has 2 amide bonds. The molecular formula is C33H37N3O5S. The Balaban J connectivity index is 1.57. The number of nitrogens with zero attached hydrogens (tertiary/aromatic N) is 2. The molecule has 0 fully saturated rings. The largest absolute Gasteiger partial charge is 0.508 e. The van der Waals surface area contributed by atoms with Crippen LogP contribution in [0.5, 0.6) is 17.2 Å². The monoisotopic (exact) mass is 587 g/mol. The first-order chi connectivity index (χ1) is 20.3. The molecule has 220 valence electrons. The molecule has 0 aliphatic heterocycles. The number of amides is 2. The molecule has 9 heteroatoms. The molecule has 0 bridgehead atoms. The van der Waals surface area contributed by atoms with Crippen LogP contribution in [0.1, 0.15) is 53.3 Å². The molecule has 4 aromatic rings. The van der Waals surface area contributed by atoms with Crippen LogP contribution in [0.4, 0.5) is 10.5 Å². The number of unbranched alkanes of at least 4 members (excludes halogenated alkanes) is 2. The van der Waals surface area contributed by atoms with Crippen molar-refractivity contribution in [1.29, 1.82) is 0 Å². The van der Waals surface area contributed by atoms with E-state index in [4.69, 9.17) is 9.47 Å². The Morgan fingerprint density at radius 2 is 1.79 bits per heavy atom. The van der Waals surface area contributed by atoms with Crippen LogP contribution in [0, 0.1) is 13.8 Å². The molecule has 0 atom stereocenters. The predicted molar refractivity (Wildman–Crippen MR) is 165 cm³/mol. The number of anilines is 1. The number of hydrogen-bond donors (Lipinski definition) is 2. The van der Waals surface area contributed by atoms with Crippen molar-refractivity contribution in [2.45, 2.75) is 53.0 Å². The van der Waals surface area contributed by atoms with Crippen LogP contribution in [-0.4, -0.2) is 40.1 Å². The molecule has 8 nitrogen and oxygen atoms in total. The first-order valence-corrected chi connectivity index (χ1v) is 14.9. The second-order valence-electron chi connectivity index (χ2n) is 10.2. The summed E-state index contributed by atoms with van der Waals surface area (Å²) in [7, 11) is 0. The van der Waals surface area contributed by atoms with Gasteiger partial charge in [-0.15, -0.1) is 11.3 Å². The van der Waals surface area contributed by atoms with Gasteiger partial charge in [0.2, 0.25) is 0 Å². The fourth-order valence-corrected chi connectivity index (χ4v) is 5.16. The van der Waals surface area contributed by atoms with Crippen LogP contribution >= 0.6 is 11.3 Å². The Morgan fingerprint density at radius 3 is 2.48 bits per heavy atom.